The number of aromatic nitrogens is 3. The van der Waals surface area contributed by atoms with Crippen molar-refractivity contribution in [2.75, 3.05) is 13.1 Å². The molecule has 1 fully saturated rings. The number of quaternary nitrogens is 1. The number of nitrogens with one attached hydrogen (secondary N) is 1. The molecule has 4 aromatic rings. The average Bonchev–Trinajstić information content (AvgIpc) is 3.44. The van der Waals surface area contributed by atoms with Gasteiger partial charge in [-0.05, 0) is 24.3 Å². The minimum absolute atomic E-state index is 0.0466. The molecule has 0 aliphatic carbocycles. The molecule has 5 rings (SSSR count). The second kappa shape index (κ2) is 6.67. The van der Waals surface area contributed by atoms with Crippen LogP contribution < -0.4 is 4.90 Å². The number of nitrogens with zero attached hydrogens (tertiary/aromatic N) is 3. The lowest BCUT2D eigenvalue weighted by Crippen LogP contribution is -3.10. The van der Waals surface area contributed by atoms with Gasteiger partial charge >= 0.3 is 0 Å². The number of benzene rings is 1. The summed E-state index contributed by atoms with van der Waals surface area (Å²) in [5, 5.41) is 16.1. The van der Waals surface area contributed by atoms with E-state index in [-0.39, 0.29) is 11.9 Å². The van der Waals surface area contributed by atoms with Gasteiger partial charge in [0, 0.05) is 23.4 Å². The van der Waals surface area contributed by atoms with Crippen LogP contribution in [-0.4, -0.2) is 32.8 Å². The zero-order chi connectivity index (χ0) is 18.4. The molecule has 0 saturated carbocycles. The smallest absolute Gasteiger partial charge is 0.235 e. The first-order valence-corrected chi connectivity index (χ1v) is 10.1. The normalized spacial score (nSPS) is 16.3. The molecule has 2 N–H and O–H groups in total. The zero-order valence-corrected chi connectivity index (χ0v) is 16.0. The molecule has 27 heavy (non-hydrogen) atoms. The third-order valence-electron chi connectivity index (χ3n) is 5.06. The monoisotopic (exact) mass is 401 g/mol. The largest absolute Gasteiger partial charge is 0.492 e. The molecule has 1 aromatic carbocycles. The van der Waals surface area contributed by atoms with Crippen LogP contribution in [0.15, 0.2) is 47.1 Å². The number of fused-ring (bicyclic) bond motifs is 1. The molecule has 1 aliphatic rings. The lowest BCUT2D eigenvalue weighted by Gasteiger charge is -2.24. The molecule has 1 atom stereocenters. The Labute approximate surface area is 164 Å². The van der Waals surface area contributed by atoms with Crippen molar-refractivity contribution in [3.05, 3.63) is 58.1 Å². The highest BCUT2D eigenvalue weighted by Gasteiger charge is 2.34. The van der Waals surface area contributed by atoms with Gasteiger partial charge in [-0.15, -0.1) is 5.10 Å². The molecule has 0 radical (unpaired) electrons. The highest BCUT2D eigenvalue weighted by molar-refractivity contribution is 7.17. The maximum Gasteiger partial charge on any atom is 0.235 e. The summed E-state index contributed by atoms with van der Waals surface area (Å²) in [6.07, 6.45) is 3.98. The summed E-state index contributed by atoms with van der Waals surface area (Å²) in [5.74, 6) is 1.22. The van der Waals surface area contributed by atoms with Gasteiger partial charge in [-0.3, -0.25) is 0 Å². The molecular formula is C19H18ClN4O2S+. The highest BCUT2D eigenvalue weighted by atomic mass is 35.5. The van der Waals surface area contributed by atoms with Crippen molar-refractivity contribution in [3.8, 4) is 17.5 Å². The lowest BCUT2D eigenvalue weighted by molar-refractivity contribution is -0.913. The summed E-state index contributed by atoms with van der Waals surface area (Å²) in [7, 11) is 0. The van der Waals surface area contributed by atoms with Crippen molar-refractivity contribution in [3.63, 3.8) is 0 Å². The van der Waals surface area contributed by atoms with E-state index in [1.807, 2.05) is 30.3 Å². The van der Waals surface area contributed by atoms with Crippen LogP contribution in [-0.2, 0) is 0 Å². The fourth-order valence-corrected chi connectivity index (χ4v) is 5.06. The second-order valence-corrected chi connectivity index (χ2v) is 8.19. The van der Waals surface area contributed by atoms with Gasteiger partial charge in [0.05, 0.1) is 19.4 Å². The molecule has 6 nitrogen and oxygen atoms in total. The molecule has 0 bridgehead atoms. The number of aromatic hydroxyl groups is 1. The number of halogens is 1. The summed E-state index contributed by atoms with van der Waals surface area (Å²) in [6, 6.07) is 11.5. The molecule has 0 unspecified atom stereocenters. The first-order valence-electron chi connectivity index (χ1n) is 8.93. The summed E-state index contributed by atoms with van der Waals surface area (Å²) in [6.45, 7) is 2.16. The van der Waals surface area contributed by atoms with E-state index in [0.717, 1.165) is 23.5 Å². The van der Waals surface area contributed by atoms with E-state index >= 15 is 0 Å². The Kier molecular flexibility index (Phi) is 4.15. The lowest BCUT2D eigenvalue weighted by atomic mass is 10.0. The van der Waals surface area contributed by atoms with Gasteiger partial charge in [0.2, 0.25) is 16.7 Å². The number of rotatable bonds is 4. The summed E-state index contributed by atoms with van der Waals surface area (Å²) in [5.41, 5.74) is 1.14. The summed E-state index contributed by atoms with van der Waals surface area (Å²) in [4.78, 5) is 7.53. The Balaban J connectivity index is 1.60. The van der Waals surface area contributed by atoms with E-state index in [4.69, 9.17) is 16.0 Å². The Morgan fingerprint density at radius 3 is 2.63 bits per heavy atom. The van der Waals surface area contributed by atoms with Crippen LogP contribution >= 0.6 is 22.9 Å². The number of furan rings is 1. The van der Waals surface area contributed by atoms with Crippen LogP contribution in [0.5, 0.6) is 5.88 Å². The molecule has 0 spiro atoms. The predicted molar refractivity (Wildman–Crippen MR) is 103 cm³/mol. The minimum Gasteiger partial charge on any atom is -0.492 e. The van der Waals surface area contributed by atoms with E-state index < -0.39 is 0 Å². The van der Waals surface area contributed by atoms with Crippen molar-refractivity contribution in [2.24, 2.45) is 0 Å². The number of thiazole rings is 1. The number of hydrogen-bond donors (Lipinski definition) is 2. The van der Waals surface area contributed by atoms with Gasteiger partial charge in [-0.1, -0.05) is 35.1 Å². The van der Waals surface area contributed by atoms with Gasteiger partial charge in [0.25, 0.3) is 0 Å². The molecule has 1 saturated heterocycles. The standard InChI is InChI=1S/C19H17ClN4O2S/c20-13-7-5-12(6-8-13)15(23-9-1-2-10-23)16-18(25)24-19(27-16)21-17(22-24)14-4-3-11-26-14/h3-8,11,15,25H,1-2,9-10H2/p+1/t15-/m1/s1. The van der Waals surface area contributed by atoms with Gasteiger partial charge in [0.15, 0.2) is 11.8 Å². The third kappa shape index (κ3) is 2.92. The van der Waals surface area contributed by atoms with Crippen molar-refractivity contribution in [2.45, 2.75) is 18.9 Å². The van der Waals surface area contributed by atoms with Crippen LogP contribution in [0.1, 0.15) is 29.3 Å². The van der Waals surface area contributed by atoms with Crippen LogP contribution in [0.3, 0.4) is 0 Å². The van der Waals surface area contributed by atoms with Crippen LogP contribution in [0.2, 0.25) is 5.02 Å². The molecule has 8 heteroatoms. The van der Waals surface area contributed by atoms with Crippen molar-refractivity contribution in [1.82, 2.24) is 14.6 Å². The van der Waals surface area contributed by atoms with E-state index in [1.165, 1.54) is 33.6 Å². The first-order chi connectivity index (χ1) is 13.2. The van der Waals surface area contributed by atoms with Crippen LogP contribution in [0, 0.1) is 0 Å². The fraction of sp³-hybridized carbons (Fsp3) is 0.263. The summed E-state index contributed by atoms with van der Waals surface area (Å²) >= 11 is 7.56. The molecular weight excluding hydrogens is 384 g/mol. The van der Waals surface area contributed by atoms with Gasteiger partial charge in [0.1, 0.15) is 4.88 Å². The van der Waals surface area contributed by atoms with E-state index in [9.17, 15) is 5.11 Å². The van der Waals surface area contributed by atoms with Crippen molar-refractivity contribution in [1.29, 1.82) is 0 Å². The third-order valence-corrected chi connectivity index (χ3v) is 6.40. The van der Waals surface area contributed by atoms with Crippen molar-refractivity contribution >= 4 is 27.9 Å². The van der Waals surface area contributed by atoms with E-state index in [2.05, 4.69) is 10.1 Å². The first kappa shape index (κ1) is 16.8. The number of likely N-dealkylation sites (tertiary alicyclic amines) is 1. The quantitative estimate of drug-likeness (QED) is 0.551. The fourth-order valence-electron chi connectivity index (χ4n) is 3.79. The minimum atomic E-state index is 0.0466. The molecule has 1 aliphatic heterocycles. The molecule has 4 heterocycles. The van der Waals surface area contributed by atoms with Crippen LogP contribution in [0.4, 0.5) is 0 Å². The zero-order valence-electron chi connectivity index (χ0n) is 14.4. The van der Waals surface area contributed by atoms with Gasteiger partial charge < -0.3 is 14.4 Å². The Morgan fingerprint density at radius 2 is 1.96 bits per heavy atom. The van der Waals surface area contributed by atoms with Crippen molar-refractivity contribution < 1.29 is 14.4 Å². The maximum atomic E-state index is 10.9. The molecule has 3 aromatic heterocycles. The number of hydrogen-bond acceptors (Lipinski definition) is 5. The Bertz CT molecular complexity index is 1070. The van der Waals surface area contributed by atoms with E-state index in [0.29, 0.717) is 21.6 Å². The Morgan fingerprint density at radius 1 is 1.19 bits per heavy atom. The topological polar surface area (TPSA) is 68.0 Å². The Hall–Kier alpha value is -2.35. The molecule has 138 valence electrons. The average molecular weight is 402 g/mol. The maximum absolute atomic E-state index is 10.9. The van der Waals surface area contributed by atoms with Crippen LogP contribution in [0.25, 0.3) is 16.5 Å². The predicted octanol–water partition coefficient (Wildman–Crippen LogP) is 3.18. The second-order valence-electron chi connectivity index (χ2n) is 6.75. The summed E-state index contributed by atoms with van der Waals surface area (Å²) < 4.78 is 6.88. The van der Waals surface area contributed by atoms with Gasteiger partial charge in [-0.25, -0.2) is 0 Å². The highest BCUT2D eigenvalue weighted by Crippen LogP contribution is 2.36. The molecule has 0 amide bonds. The van der Waals surface area contributed by atoms with Gasteiger partial charge in [-0.2, -0.15) is 9.50 Å². The SMILES string of the molecule is Oc1c([C@@H](c2ccc(Cl)cc2)[NH+]2CCCC2)sc2nc(-c3ccco3)nn12. The van der Waals surface area contributed by atoms with E-state index in [1.54, 1.807) is 12.3 Å².